The van der Waals surface area contributed by atoms with E-state index in [1.807, 2.05) is 29.0 Å². The normalized spacial score (nSPS) is 22.2. The SMILES string of the molecule is CN(C(=O)N1CCc2ccccc2[C@H]1c1ccc(F)cc1)[C@@H]1CCCNC1. The zero-order chi connectivity index (χ0) is 18.8. The number of hydrogen-bond donors (Lipinski definition) is 1. The number of amides is 2. The Hall–Kier alpha value is -2.40. The van der Waals surface area contributed by atoms with E-state index in [0.29, 0.717) is 6.54 Å². The number of piperidine rings is 1. The maximum absolute atomic E-state index is 13.5. The van der Waals surface area contributed by atoms with Crippen LogP contribution in [0.3, 0.4) is 0 Å². The molecule has 2 amide bonds. The molecule has 1 fully saturated rings. The van der Waals surface area contributed by atoms with Crippen molar-refractivity contribution in [3.8, 4) is 0 Å². The minimum Gasteiger partial charge on any atom is -0.323 e. The number of benzene rings is 2. The summed E-state index contributed by atoms with van der Waals surface area (Å²) < 4.78 is 13.5. The van der Waals surface area contributed by atoms with Crippen molar-refractivity contribution in [1.82, 2.24) is 15.1 Å². The van der Waals surface area contributed by atoms with Crippen molar-refractivity contribution in [2.45, 2.75) is 31.3 Å². The van der Waals surface area contributed by atoms with E-state index < -0.39 is 0 Å². The van der Waals surface area contributed by atoms with E-state index in [4.69, 9.17) is 0 Å². The molecular formula is C22H26FN3O. The van der Waals surface area contributed by atoms with Crippen molar-refractivity contribution in [1.29, 1.82) is 0 Å². The number of nitrogens with one attached hydrogen (secondary N) is 1. The number of nitrogens with zero attached hydrogens (tertiary/aromatic N) is 2. The van der Waals surface area contributed by atoms with Gasteiger partial charge in [-0.15, -0.1) is 0 Å². The minimum absolute atomic E-state index is 0.0486. The van der Waals surface area contributed by atoms with Crippen molar-refractivity contribution in [3.05, 3.63) is 71.0 Å². The highest BCUT2D eigenvalue weighted by atomic mass is 19.1. The summed E-state index contributed by atoms with van der Waals surface area (Å²) in [6, 6.07) is 14.9. The lowest BCUT2D eigenvalue weighted by Crippen LogP contribution is -2.53. The largest absolute Gasteiger partial charge is 0.323 e. The second-order valence-electron chi connectivity index (χ2n) is 7.49. The standard InChI is InChI=1S/C22H26FN3O/c1-25(19-6-4-13-24-15-19)22(27)26-14-12-16-5-2-3-7-20(16)21(26)17-8-10-18(23)11-9-17/h2-3,5,7-11,19,21,24H,4,6,12-15H2,1H3/t19-,21-/m1/s1. The molecule has 2 atom stereocenters. The lowest BCUT2D eigenvalue weighted by atomic mass is 9.88. The number of halogens is 1. The topological polar surface area (TPSA) is 35.6 Å². The van der Waals surface area contributed by atoms with Gasteiger partial charge in [0.15, 0.2) is 0 Å². The van der Waals surface area contributed by atoms with Gasteiger partial charge in [0.1, 0.15) is 5.82 Å². The van der Waals surface area contributed by atoms with E-state index >= 15 is 0 Å². The molecule has 0 unspecified atom stereocenters. The van der Waals surface area contributed by atoms with Crippen LogP contribution in [0.2, 0.25) is 0 Å². The Morgan fingerprint density at radius 2 is 1.96 bits per heavy atom. The maximum atomic E-state index is 13.5. The number of rotatable bonds is 2. The van der Waals surface area contributed by atoms with Gasteiger partial charge in [0, 0.05) is 26.2 Å². The molecule has 5 heteroatoms. The average Bonchev–Trinajstić information content (AvgIpc) is 2.73. The molecule has 0 aromatic heterocycles. The van der Waals surface area contributed by atoms with Gasteiger partial charge in [-0.05, 0) is 54.6 Å². The third-order valence-electron chi connectivity index (χ3n) is 5.84. The van der Waals surface area contributed by atoms with Crippen LogP contribution in [0.1, 0.15) is 35.6 Å². The van der Waals surface area contributed by atoms with Gasteiger partial charge in [-0.3, -0.25) is 0 Å². The van der Waals surface area contributed by atoms with Gasteiger partial charge in [-0.25, -0.2) is 9.18 Å². The van der Waals surface area contributed by atoms with Gasteiger partial charge in [-0.1, -0.05) is 36.4 Å². The fourth-order valence-electron chi connectivity index (χ4n) is 4.30. The van der Waals surface area contributed by atoms with Gasteiger partial charge in [-0.2, -0.15) is 0 Å². The number of likely N-dealkylation sites (N-methyl/N-ethyl adjacent to an activating group) is 1. The summed E-state index contributed by atoms with van der Waals surface area (Å²) in [5.41, 5.74) is 3.35. The average molecular weight is 367 g/mol. The minimum atomic E-state index is -0.258. The molecule has 0 radical (unpaired) electrons. The van der Waals surface area contributed by atoms with E-state index in [-0.39, 0.29) is 23.9 Å². The molecule has 2 aliphatic heterocycles. The predicted molar refractivity (Wildman–Crippen MR) is 104 cm³/mol. The fraction of sp³-hybridized carbons (Fsp3) is 0.409. The molecule has 2 heterocycles. The number of carbonyl (C=O) groups excluding carboxylic acids is 1. The molecule has 0 spiro atoms. The van der Waals surface area contributed by atoms with Crippen molar-refractivity contribution in [2.24, 2.45) is 0 Å². The van der Waals surface area contributed by atoms with Crippen LogP contribution in [0.4, 0.5) is 9.18 Å². The molecule has 1 N–H and O–H groups in total. The van der Waals surface area contributed by atoms with Crippen LogP contribution >= 0.6 is 0 Å². The van der Waals surface area contributed by atoms with Crippen LogP contribution in [0.5, 0.6) is 0 Å². The zero-order valence-electron chi connectivity index (χ0n) is 15.7. The van der Waals surface area contributed by atoms with E-state index in [1.165, 1.54) is 17.7 Å². The molecule has 4 rings (SSSR count). The van der Waals surface area contributed by atoms with Crippen LogP contribution in [0.25, 0.3) is 0 Å². The summed E-state index contributed by atoms with van der Waals surface area (Å²) in [6.45, 7) is 2.53. The first kappa shape index (κ1) is 18.0. The van der Waals surface area contributed by atoms with Crippen molar-refractivity contribution < 1.29 is 9.18 Å². The second-order valence-corrected chi connectivity index (χ2v) is 7.49. The predicted octanol–water partition coefficient (Wildman–Crippen LogP) is 3.58. The first-order valence-electron chi connectivity index (χ1n) is 9.72. The monoisotopic (exact) mass is 367 g/mol. The zero-order valence-corrected chi connectivity index (χ0v) is 15.7. The van der Waals surface area contributed by atoms with Gasteiger partial charge in [0.2, 0.25) is 0 Å². The second kappa shape index (κ2) is 7.69. The Balaban J connectivity index is 1.67. The van der Waals surface area contributed by atoms with Gasteiger partial charge >= 0.3 is 6.03 Å². The van der Waals surface area contributed by atoms with Gasteiger partial charge < -0.3 is 15.1 Å². The van der Waals surface area contributed by atoms with Crippen LogP contribution in [-0.2, 0) is 6.42 Å². The molecule has 2 aromatic carbocycles. The van der Waals surface area contributed by atoms with E-state index in [0.717, 1.165) is 43.5 Å². The number of urea groups is 1. The van der Waals surface area contributed by atoms with Crippen molar-refractivity contribution >= 4 is 6.03 Å². The quantitative estimate of drug-likeness (QED) is 0.881. The maximum Gasteiger partial charge on any atom is 0.320 e. The van der Waals surface area contributed by atoms with Crippen LogP contribution < -0.4 is 5.32 Å². The van der Waals surface area contributed by atoms with Crippen molar-refractivity contribution in [3.63, 3.8) is 0 Å². The van der Waals surface area contributed by atoms with E-state index in [1.54, 1.807) is 12.1 Å². The summed E-state index contributed by atoms with van der Waals surface area (Å²) >= 11 is 0. The molecule has 2 aliphatic rings. The molecule has 1 saturated heterocycles. The number of carbonyl (C=O) groups is 1. The molecule has 4 nitrogen and oxygen atoms in total. The molecule has 0 saturated carbocycles. The fourth-order valence-corrected chi connectivity index (χ4v) is 4.30. The molecule has 2 aromatic rings. The summed E-state index contributed by atoms with van der Waals surface area (Å²) in [5.74, 6) is -0.258. The summed E-state index contributed by atoms with van der Waals surface area (Å²) in [4.78, 5) is 17.2. The highest BCUT2D eigenvalue weighted by molar-refractivity contribution is 5.76. The Labute approximate surface area is 160 Å². The summed E-state index contributed by atoms with van der Waals surface area (Å²) in [5, 5.41) is 3.38. The van der Waals surface area contributed by atoms with Crippen LogP contribution in [-0.4, -0.2) is 48.6 Å². The first-order valence-corrected chi connectivity index (χ1v) is 9.72. The molecule has 0 bridgehead atoms. The molecule has 0 aliphatic carbocycles. The highest BCUT2D eigenvalue weighted by Gasteiger charge is 2.35. The Morgan fingerprint density at radius 3 is 2.70 bits per heavy atom. The van der Waals surface area contributed by atoms with E-state index in [9.17, 15) is 9.18 Å². The van der Waals surface area contributed by atoms with Gasteiger partial charge in [0.25, 0.3) is 0 Å². The lowest BCUT2D eigenvalue weighted by molar-refractivity contribution is 0.124. The lowest BCUT2D eigenvalue weighted by Gasteiger charge is -2.42. The van der Waals surface area contributed by atoms with Crippen molar-refractivity contribution in [2.75, 3.05) is 26.7 Å². The van der Waals surface area contributed by atoms with Crippen LogP contribution in [0.15, 0.2) is 48.5 Å². The third-order valence-corrected chi connectivity index (χ3v) is 5.84. The molecular weight excluding hydrogens is 341 g/mol. The summed E-state index contributed by atoms with van der Waals surface area (Å²) in [6.07, 6.45) is 2.96. The number of fused-ring (bicyclic) bond motifs is 1. The Kier molecular flexibility index (Phi) is 5.12. The third kappa shape index (κ3) is 3.56. The Morgan fingerprint density at radius 1 is 1.19 bits per heavy atom. The number of hydrogen-bond acceptors (Lipinski definition) is 2. The highest BCUT2D eigenvalue weighted by Crippen LogP contribution is 2.36. The molecule has 142 valence electrons. The smallest absolute Gasteiger partial charge is 0.320 e. The summed E-state index contributed by atoms with van der Waals surface area (Å²) in [7, 11) is 1.90. The first-order chi connectivity index (χ1) is 13.1. The molecule has 27 heavy (non-hydrogen) atoms. The Bertz CT molecular complexity index is 801. The van der Waals surface area contributed by atoms with E-state index in [2.05, 4.69) is 17.4 Å². The van der Waals surface area contributed by atoms with Crippen LogP contribution in [0, 0.1) is 5.82 Å². The van der Waals surface area contributed by atoms with Gasteiger partial charge in [0.05, 0.1) is 6.04 Å².